The molecule has 5 rings (SSSR count). The molecule has 1 fully saturated rings. The van der Waals surface area contributed by atoms with Crippen LogP contribution in [-0.4, -0.2) is 61.1 Å². The second-order valence-corrected chi connectivity index (χ2v) is 19.3. The van der Waals surface area contributed by atoms with Crippen molar-refractivity contribution in [3.63, 3.8) is 0 Å². The van der Waals surface area contributed by atoms with Gasteiger partial charge in [-0.3, -0.25) is 0 Å². The number of ether oxygens (including phenoxy) is 3. The van der Waals surface area contributed by atoms with E-state index in [1.165, 1.54) is 10.4 Å². The van der Waals surface area contributed by atoms with Crippen LogP contribution in [0, 0.1) is 5.92 Å². The predicted molar refractivity (Wildman–Crippen MR) is 186 cm³/mol. The fourth-order valence-corrected chi connectivity index (χ4v) is 13.0. The number of hydrogen-bond acceptors (Lipinski definition) is 6. The zero-order valence-corrected chi connectivity index (χ0v) is 29.1. The Balaban J connectivity index is 1.40. The van der Waals surface area contributed by atoms with E-state index >= 15 is 0 Å². The summed E-state index contributed by atoms with van der Waals surface area (Å²) in [5.74, 6) is -0.488. The number of rotatable bonds is 14. The van der Waals surface area contributed by atoms with Gasteiger partial charge in [0.05, 0.1) is 36.1 Å². The lowest BCUT2D eigenvalue weighted by Gasteiger charge is -2.43. The average Bonchev–Trinajstić information content (AvgIpc) is 3.39. The Morgan fingerprint density at radius 2 is 1.26 bits per heavy atom. The van der Waals surface area contributed by atoms with Crippen LogP contribution in [0.3, 0.4) is 0 Å². The van der Waals surface area contributed by atoms with E-state index in [0.29, 0.717) is 31.1 Å². The first-order chi connectivity index (χ1) is 22.2. The van der Waals surface area contributed by atoms with E-state index in [1.54, 1.807) is 31.4 Å². The number of methoxy groups -OCH3 is 1. The van der Waals surface area contributed by atoms with Crippen LogP contribution in [0.25, 0.3) is 0 Å². The molecule has 244 valence electrons. The molecule has 4 aromatic rings. The van der Waals surface area contributed by atoms with Crippen LogP contribution in [0.2, 0.25) is 5.04 Å². The first-order valence-corrected chi connectivity index (χ1v) is 19.5. The highest BCUT2D eigenvalue weighted by Crippen LogP contribution is 2.38. The van der Waals surface area contributed by atoms with Gasteiger partial charge in [-0.2, -0.15) is 0 Å². The Bertz CT molecular complexity index is 1560. The van der Waals surface area contributed by atoms with Crippen LogP contribution < -0.4 is 10.4 Å². The van der Waals surface area contributed by atoms with E-state index < -0.39 is 42.4 Å². The van der Waals surface area contributed by atoms with Crippen LogP contribution in [0.5, 0.6) is 0 Å². The summed E-state index contributed by atoms with van der Waals surface area (Å²) < 4.78 is 53.2. The fraction of sp³-hybridized carbons (Fsp3) is 0.368. The lowest BCUT2D eigenvalue weighted by Crippen LogP contribution is -2.66. The molecule has 0 saturated carbocycles. The zero-order valence-electron chi connectivity index (χ0n) is 27.2. The second kappa shape index (κ2) is 15.2. The molecule has 0 amide bonds. The van der Waals surface area contributed by atoms with E-state index in [-0.39, 0.29) is 10.8 Å². The Kier molecular flexibility index (Phi) is 11.3. The van der Waals surface area contributed by atoms with Crippen molar-refractivity contribution in [1.82, 2.24) is 0 Å². The Labute approximate surface area is 275 Å². The minimum Gasteiger partial charge on any atom is -0.407 e. The summed E-state index contributed by atoms with van der Waals surface area (Å²) in [6.07, 6.45) is -0.740. The standard InChI is InChI=1S/C38H46O6SSi/c1-38(2,3)46(32-21-13-7-14-22-32,33-23-15-8-16-24-33)43-26-25-35-34(29-45(39,40)31-19-11-6-12-20-31)37(41-4)36(44-35)28-42-27-30-17-9-5-10-18-30/h5-24,34-37H,25-29H2,1-4H3/t34-,35+,36+,37+/m0/s1. The van der Waals surface area contributed by atoms with Crippen LogP contribution >= 0.6 is 0 Å². The molecule has 0 N–H and O–H groups in total. The maximum Gasteiger partial charge on any atom is 0.261 e. The van der Waals surface area contributed by atoms with E-state index in [0.717, 1.165) is 5.56 Å². The molecular weight excluding hydrogens is 613 g/mol. The van der Waals surface area contributed by atoms with Crippen molar-refractivity contribution >= 4 is 28.5 Å². The van der Waals surface area contributed by atoms with Crippen LogP contribution in [0.1, 0.15) is 32.8 Å². The smallest absolute Gasteiger partial charge is 0.261 e. The molecule has 1 aliphatic heterocycles. The molecule has 1 aliphatic rings. The number of sulfone groups is 1. The normalized spacial score (nSPS) is 20.5. The first kappa shape index (κ1) is 34.2. The number of benzene rings is 4. The molecule has 1 saturated heterocycles. The summed E-state index contributed by atoms with van der Waals surface area (Å²) in [4.78, 5) is 0.302. The van der Waals surface area contributed by atoms with Gasteiger partial charge in [-0.1, -0.05) is 130 Å². The molecule has 0 radical (unpaired) electrons. The van der Waals surface area contributed by atoms with Gasteiger partial charge in [-0.25, -0.2) is 8.42 Å². The fourth-order valence-electron chi connectivity index (χ4n) is 6.77. The summed E-state index contributed by atoms with van der Waals surface area (Å²) in [5, 5.41) is 2.22. The summed E-state index contributed by atoms with van der Waals surface area (Å²) in [6.45, 7) is 7.89. The third-order valence-corrected chi connectivity index (χ3v) is 15.8. The molecule has 46 heavy (non-hydrogen) atoms. The second-order valence-electron chi connectivity index (χ2n) is 13.0. The zero-order chi connectivity index (χ0) is 32.6. The van der Waals surface area contributed by atoms with E-state index in [2.05, 4.69) is 69.3 Å². The van der Waals surface area contributed by atoms with Crippen molar-refractivity contribution in [3.8, 4) is 0 Å². The quantitative estimate of drug-likeness (QED) is 0.154. The predicted octanol–water partition coefficient (Wildman–Crippen LogP) is 6.04. The molecular formula is C38H46O6SSi. The van der Waals surface area contributed by atoms with E-state index in [9.17, 15) is 8.42 Å². The van der Waals surface area contributed by atoms with Crippen molar-refractivity contribution in [3.05, 3.63) is 127 Å². The summed E-state index contributed by atoms with van der Waals surface area (Å²) in [7, 11) is -4.75. The minimum atomic E-state index is -3.60. The van der Waals surface area contributed by atoms with Crippen LogP contribution in [0.4, 0.5) is 0 Å². The monoisotopic (exact) mass is 658 g/mol. The van der Waals surface area contributed by atoms with Crippen molar-refractivity contribution in [2.75, 3.05) is 26.1 Å². The Morgan fingerprint density at radius 3 is 1.78 bits per heavy atom. The molecule has 4 atom stereocenters. The van der Waals surface area contributed by atoms with Gasteiger partial charge in [-0.05, 0) is 39.5 Å². The van der Waals surface area contributed by atoms with Crippen molar-refractivity contribution in [2.24, 2.45) is 5.92 Å². The molecule has 1 heterocycles. The third kappa shape index (κ3) is 7.70. The van der Waals surface area contributed by atoms with Gasteiger partial charge in [-0.15, -0.1) is 0 Å². The molecule has 0 spiro atoms. The van der Waals surface area contributed by atoms with Gasteiger partial charge >= 0.3 is 0 Å². The van der Waals surface area contributed by atoms with E-state index in [4.69, 9.17) is 18.6 Å². The van der Waals surface area contributed by atoms with Crippen LogP contribution in [0.15, 0.2) is 126 Å². The Hall–Kier alpha value is -3.11. The molecule has 0 bridgehead atoms. The highest BCUT2D eigenvalue weighted by Gasteiger charge is 2.51. The van der Waals surface area contributed by atoms with Crippen molar-refractivity contribution in [2.45, 2.75) is 62.0 Å². The lowest BCUT2D eigenvalue weighted by atomic mass is 9.96. The average molecular weight is 659 g/mol. The highest BCUT2D eigenvalue weighted by molar-refractivity contribution is 7.91. The molecule has 0 unspecified atom stereocenters. The molecule has 0 aromatic heterocycles. The molecule has 8 heteroatoms. The largest absolute Gasteiger partial charge is 0.407 e. The van der Waals surface area contributed by atoms with E-state index in [1.807, 2.05) is 48.5 Å². The maximum absolute atomic E-state index is 13.7. The molecule has 0 aliphatic carbocycles. The van der Waals surface area contributed by atoms with Gasteiger partial charge in [0.1, 0.15) is 6.10 Å². The van der Waals surface area contributed by atoms with Crippen LogP contribution in [-0.2, 0) is 35.1 Å². The SMILES string of the molecule is CO[C@@H]1[C@@H](CS(=O)(=O)c2ccccc2)[C@@H](CCO[Si](c2ccccc2)(c2ccccc2)C(C)(C)C)O[C@@H]1COCc1ccccc1. The molecule has 6 nitrogen and oxygen atoms in total. The van der Waals surface area contributed by atoms with Gasteiger partial charge in [0.25, 0.3) is 8.32 Å². The summed E-state index contributed by atoms with van der Waals surface area (Å²) in [5.41, 5.74) is 1.06. The van der Waals surface area contributed by atoms with Crippen molar-refractivity contribution < 1.29 is 27.1 Å². The molecule has 4 aromatic carbocycles. The third-order valence-electron chi connectivity index (χ3n) is 8.93. The lowest BCUT2D eigenvalue weighted by molar-refractivity contribution is -0.0600. The topological polar surface area (TPSA) is 71.1 Å². The Morgan fingerprint density at radius 1 is 0.739 bits per heavy atom. The van der Waals surface area contributed by atoms with Gasteiger partial charge in [0.2, 0.25) is 0 Å². The number of hydrogen-bond donors (Lipinski definition) is 0. The summed E-state index contributed by atoms with van der Waals surface area (Å²) >= 11 is 0. The minimum absolute atomic E-state index is 0.0887. The first-order valence-electron chi connectivity index (χ1n) is 16.0. The maximum atomic E-state index is 13.7. The highest BCUT2D eigenvalue weighted by atomic mass is 32.2. The van der Waals surface area contributed by atoms with Crippen molar-refractivity contribution in [1.29, 1.82) is 0 Å². The van der Waals surface area contributed by atoms with Gasteiger partial charge < -0.3 is 18.6 Å². The summed E-state index contributed by atoms with van der Waals surface area (Å²) in [6, 6.07) is 39.6. The van der Waals surface area contributed by atoms with Gasteiger partial charge in [0.15, 0.2) is 9.84 Å². The van der Waals surface area contributed by atoms with Gasteiger partial charge in [0, 0.05) is 19.6 Å².